The fraction of sp³-hybridized carbons (Fsp3) is 0.692. The topological polar surface area (TPSA) is 88.5 Å². The second-order valence-corrected chi connectivity index (χ2v) is 6.00. The summed E-state index contributed by atoms with van der Waals surface area (Å²) in [7, 11) is 0. The first-order chi connectivity index (χ1) is 9.60. The van der Waals surface area contributed by atoms with Gasteiger partial charge in [0.2, 0.25) is 0 Å². The zero-order chi connectivity index (χ0) is 14.7. The molecule has 0 aromatic carbocycles. The van der Waals surface area contributed by atoms with Crippen molar-refractivity contribution >= 4 is 28.2 Å². The molecule has 6 nitrogen and oxygen atoms in total. The summed E-state index contributed by atoms with van der Waals surface area (Å²) in [4.78, 5) is 21.3. The molecule has 1 aromatic rings. The molecule has 1 unspecified atom stereocenters. The molecule has 0 saturated carbocycles. The van der Waals surface area contributed by atoms with Crippen molar-refractivity contribution in [3.8, 4) is 0 Å². The third kappa shape index (κ3) is 2.88. The third-order valence-electron chi connectivity index (χ3n) is 3.78. The molecule has 112 valence electrons. The molecular formula is C13H23N5OS. The Balaban J connectivity index is 2.14. The summed E-state index contributed by atoms with van der Waals surface area (Å²) in [6.07, 6.45) is 0.976. The van der Waals surface area contributed by atoms with Gasteiger partial charge in [-0.05, 0) is 32.7 Å². The van der Waals surface area contributed by atoms with Crippen LogP contribution in [-0.4, -0.2) is 48.5 Å². The van der Waals surface area contributed by atoms with Crippen molar-refractivity contribution in [1.82, 2.24) is 9.88 Å². The van der Waals surface area contributed by atoms with Crippen LogP contribution in [0.25, 0.3) is 0 Å². The maximum Gasteiger partial charge on any atom is 0.267 e. The number of rotatable bonds is 5. The Bertz CT molecular complexity index is 471. The predicted molar refractivity (Wildman–Crippen MR) is 83.2 cm³/mol. The number of carbonyl (C=O) groups excluding carboxylic acids is 1. The van der Waals surface area contributed by atoms with E-state index in [0.717, 1.165) is 37.7 Å². The summed E-state index contributed by atoms with van der Waals surface area (Å²) in [5, 5.41) is 0.824. The van der Waals surface area contributed by atoms with Gasteiger partial charge in [0.1, 0.15) is 10.7 Å². The van der Waals surface area contributed by atoms with E-state index in [0.29, 0.717) is 23.2 Å². The zero-order valence-electron chi connectivity index (χ0n) is 12.1. The highest BCUT2D eigenvalue weighted by atomic mass is 32.1. The highest BCUT2D eigenvalue weighted by Crippen LogP contribution is 2.30. The van der Waals surface area contributed by atoms with Crippen molar-refractivity contribution in [2.75, 3.05) is 43.4 Å². The van der Waals surface area contributed by atoms with Crippen LogP contribution in [0.3, 0.4) is 0 Å². The number of likely N-dealkylation sites (tertiary alicyclic amines) is 1. The van der Waals surface area contributed by atoms with Crippen molar-refractivity contribution in [2.24, 2.45) is 11.7 Å². The van der Waals surface area contributed by atoms with Gasteiger partial charge in [0.05, 0.1) is 0 Å². The number of thiazole rings is 1. The van der Waals surface area contributed by atoms with E-state index in [1.807, 2.05) is 4.90 Å². The average Bonchev–Trinajstić information content (AvgIpc) is 3.06. The van der Waals surface area contributed by atoms with E-state index in [1.165, 1.54) is 11.3 Å². The van der Waals surface area contributed by atoms with Gasteiger partial charge in [0, 0.05) is 26.2 Å². The zero-order valence-corrected chi connectivity index (χ0v) is 12.9. The van der Waals surface area contributed by atoms with Crippen LogP contribution in [0.4, 0.5) is 10.9 Å². The van der Waals surface area contributed by atoms with Crippen molar-refractivity contribution in [1.29, 1.82) is 0 Å². The summed E-state index contributed by atoms with van der Waals surface area (Å²) in [6.45, 7) is 7.97. The second kappa shape index (κ2) is 6.41. The van der Waals surface area contributed by atoms with E-state index in [4.69, 9.17) is 11.5 Å². The first-order valence-corrected chi connectivity index (χ1v) is 7.92. The summed E-state index contributed by atoms with van der Waals surface area (Å²) < 4.78 is 0. The van der Waals surface area contributed by atoms with Crippen LogP contribution in [-0.2, 0) is 0 Å². The molecule has 0 bridgehead atoms. The second-order valence-electron chi connectivity index (χ2n) is 5.02. The van der Waals surface area contributed by atoms with Crippen LogP contribution in [0, 0.1) is 5.92 Å². The largest absolute Gasteiger partial charge is 0.382 e. The lowest BCUT2D eigenvalue weighted by molar-refractivity contribution is 0.0793. The van der Waals surface area contributed by atoms with Crippen molar-refractivity contribution in [3.63, 3.8) is 0 Å². The summed E-state index contributed by atoms with van der Waals surface area (Å²) >= 11 is 1.39. The Morgan fingerprint density at radius 2 is 2.20 bits per heavy atom. The van der Waals surface area contributed by atoms with Crippen LogP contribution in [0.1, 0.15) is 29.9 Å². The number of hydrogen-bond donors (Lipinski definition) is 2. The third-order valence-corrected chi connectivity index (χ3v) is 4.90. The van der Waals surface area contributed by atoms with Crippen molar-refractivity contribution < 1.29 is 4.79 Å². The van der Waals surface area contributed by atoms with Crippen LogP contribution >= 0.6 is 11.3 Å². The molecule has 1 aliphatic heterocycles. The van der Waals surface area contributed by atoms with Gasteiger partial charge in [-0.1, -0.05) is 11.3 Å². The lowest BCUT2D eigenvalue weighted by Gasteiger charge is -2.16. The molecule has 2 heterocycles. The number of amides is 1. The number of hydrogen-bond acceptors (Lipinski definition) is 6. The van der Waals surface area contributed by atoms with E-state index < -0.39 is 0 Å². The predicted octanol–water partition coefficient (Wildman–Crippen LogP) is 0.992. The molecule has 1 atom stereocenters. The summed E-state index contributed by atoms with van der Waals surface area (Å²) in [6, 6.07) is 0. The van der Waals surface area contributed by atoms with Crippen LogP contribution < -0.4 is 16.4 Å². The highest BCUT2D eigenvalue weighted by Gasteiger charge is 2.29. The number of carbonyl (C=O) groups is 1. The van der Waals surface area contributed by atoms with Gasteiger partial charge in [-0.15, -0.1) is 0 Å². The molecule has 0 aliphatic carbocycles. The maximum absolute atomic E-state index is 12.5. The minimum atomic E-state index is -0.00523. The Kier molecular flexibility index (Phi) is 4.82. The highest BCUT2D eigenvalue weighted by molar-refractivity contribution is 7.18. The Morgan fingerprint density at radius 1 is 1.50 bits per heavy atom. The van der Waals surface area contributed by atoms with E-state index in [9.17, 15) is 4.79 Å². The number of nitrogen functional groups attached to an aromatic ring is 1. The molecular weight excluding hydrogens is 274 g/mol. The SMILES string of the molecule is CCN(CC)c1nc(N)c(C(=O)N2CCC(CN)C2)s1. The van der Waals surface area contributed by atoms with Crippen molar-refractivity contribution in [3.05, 3.63) is 4.88 Å². The van der Waals surface area contributed by atoms with E-state index in [1.54, 1.807) is 0 Å². The Morgan fingerprint density at radius 3 is 2.75 bits per heavy atom. The molecule has 0 spiro atoms. The first kappa shape index (κ1) is 15.1. The van der Waals surface area contributed by atoms with Gasteiger partial charge in [0.15, 0.2) is 5.13 Å². The van der Waals surface area contributed by atoms with Gasteiger partial charge in [-0.25, -0.2) is 4.98 Å². The monoisotopic (exact) mass is 297 g/mol. The normalized spacial score (nSPS) is 18.6. The standard InChI is InChI=1S/C13H23N5OS/c1-3-17(4-2)13-16-11(15)10(20-13)12(19)18-6-5-9(7-14)8-18/h9H,3-8,14-15H2,1-2H3. The van der Waals surface area contributed by atoms with Gasteiger partial charge in [-0.3, -0.25) is 4.79 Å². The number of nitrogens with two attached hydrogens (primary N) is 2. The molecule has 0 radical (unpaired) electrons. The molecule has 1 fully saturated rings. The lowest BCUT2D eigenvalue weighted by Crippen LogP contribution is -2.29. The minimum absolute atomic E-state index is 0.00523. The van der Waals surface area contributed by atoms with Crippen LogP contribution in [0.2, 0.25) is 0 Å². The van der Waals surface area contributed by atoms with E-state index in [-0.39, 0.29) is 5.91 Å². The van der Waals surface area contributed by atoms with Crippen molar-refractivity contribution in [2.45, 2.75) is 20.3 Å². The first-order valence-electron chi connectivity index (χ1n) is 7.11. The Hall–Kier alpha value is -1.34. The fourth-order valence-electron chi connectivity index (χ4n) is 2.46. The van der Waals surface area contributed by atoms with Gasteiger partial charge >= 0.3 is 0 Å². The molecule has 20 heavy (non-hydrogen) atoms. The number of aromatic nitrogens is 1. The molecule has 4 N–H and O–H groups in total. The lowest BCUT2D eigenvalue weighted by atomic mass is 10.1. The average molecular weight is 297 g/mol. The number of nitrogens with zero attached hydrogens (tertiary/aromatic N) is 3. The molecule has 2 rings (SSSR count). The quantitative estimate of drug-likeness (QED) is 0.846. The summed E-state index contributed by atoms with van der Waals surface area (Å²) in [5.74, 6) is 0.753. The van der Waals surface area contributed by atoms with Gasteiger partial charge in [-0.2, -0.15) is 0 Å². The molecule has 1 aliphatic rings. The van der Waals surface area contributed by atoms with Crippen LogP contribution in [0.15, 0.2) is 0 Å². The smallest absolute Gasteiger partial charge is 0.267 e. The van der Waals surface area contributed by atoms with Gasteiger partial charge < -0.3 is 21.3 Å². The number of anilines is 2. The van der Waals surface area contributed by atoms with E-state index >= 15 is 0 Å². The molecule has 1 amide bonds. The minimum Gasteiger partial charge on any atom is -0.382 e. The van der Waals surface area contributed by atoms with Gasteiger partial charge in [0.25, 0.3) is 5.91 Å². The molecule has 1 aromatic heterocycles. The Labute approximate surface area is 123 Å². The molecule has 7 heteroatoms. The molecule has 1 saturated heterocycles. The summed E-state index contributed by atoms with van der Waals surface area (Å²) in [5.41, 5.74) is 11.6. The van der Waals surface area contributed by atoms with E-state index in [2.05, 4.69) is 23.7 Å². The maximum atomic E-state index is 12.5. The van der Waals surface area contributed by atoms with Crippen LogP contribution in [0.5, 0.6) is 0 Å². The fourth-order valence-corrected chi connectivity index (χ4v) is 3.54.